The number of carbonyl (C=O) groups is 2. The van der Waals surface area contributed by atoms with Crippen molar-refractivity contribution in [2.24, 2.45) is 0 Å². The minimum absolute atomic E-state index is 0.166. The van der Waals surface area contributed by atoms with Crippen LogP contribution < -0.4 is 10.1 Å². The second-order valence-electron chi connectivity index (χ2n) is 5.63. The molecule has 4 nitrogen and oxygen atoms in total. The molecule has 1 atom stereocenters. The Morgan fingerprint density at radius 2 is 1.96 bits per heavy atom. The lowest BCUT2D eigenvalue weighted by Gasteiger charge is -2.20. The maximum atomic E-state index is 13.2. The van der Waals surface area contributed by atoms with Crippen LogP contribution in [-0.2, 0) is 4.79 Å². The summed E-state index contributed by atoms with van der Waals surface area (Å²) >= 11 is 3.29. The van der Waals surface area contributed by atoms with Gasteiger partial charge in [0.1, 0.15) is 11.6 Å². The van der Waals surface area contributed by atoms with E-state index in [1.165, 1.54) is 24.3 Å². The second-order valence-corrected chi connectivity index (χ2v) is 6.55. The average Bonchev–Trinajstić information content (AvgIpc) is 3.38. The standard InChI is InChI=1S/C18H15BrFNO3/c19-13-3-8-16(12(9-13)10-22)24-17(18(23)21-15-6-7-15)11-1-4-14(20)5-2-11/h1-5,8-10,15,17H,6-7H2,(H,21,23). The number of amides is 1. The number of benzene rings is 2. The van der Waals surface area contributed by atoms with Gasteiger partial charge in [0.2, 0.25) is 6.10 Å². The number of nitrogens with one attached hydrogen (secondary N) is 1. The third-order valence-corrected chi connectivity index (χ3v) is 4.17. The molecule has 24 heavy (non-hydrogen) atoms. The Labute approximate surface area is 147 Å². The fraction of sp³-hybridized carbons (Fsp3) is 0.222. The molecule has 0 saturated heterocycles. The summed E-state index contributed by atoms with van der Waals surface area (Å²) in [6.45, 7) is 0. The summed E-state index contributed by atoms with van der Waals surface area (Å²) < 4.78 is 19.7. The molecular formula is C18H15BrFNO3. The molecule has 1 fully saturated rings. The van der Waals surface area contributed by atoms with E-state index in [1.807, 2.05) is 0 Å². The van der Waals surface area contributed by atoms with E-state index >= 15 is 0 Å². The SMILES string of the molecule is O=Cc1cc(Br)ccc1OC(C(=O)NC1CC1)c1ccc(F)cc1. The molecule has 2 aromatic carbocycles. The molecule has 1 aliphatic rings. The van der Waals surface area contributed by atoms with Gasteiger partial charge in [-0.05, 0) is 43.2 Å². The van der Waals surface area contributed by atoms with Crippen LogP contribution in [0.5, 0.6) is 5.75 Å². The Kier molecular flexibility index (Phi) is 4.94. The Morgan fingerprint density at radius 1 is 1.25 bits per heavy atom. The van der Waals surface area contributed by atoms with Crippen molar-refractivity contribution in [3.8, 4) is 5.75 Å². The fourth-order valence-electron chi connectivity index (χ4n) is 2.26. The van der Waals surface area contributed by atoms with E-state index < -0.39 is 11.9 Å². The van der Waals surface area contributed by atoms with Gasteiger partial charge in [0.05, 0.1) is 5.56 Å². The van der Waals surface area contributed by atoms with Crippen LogP contribution in [-0.4, -0.2) is 18.2 Å². The number of carbonyl (C=O) groups excluding carboxylic acids is 2. The van der Waals surface area contributed by atoms with Crippen molar-refractivity contribution in [2.75, 3.05) is 0 Å². The Morgan fingerprint density at radius 3 is 2.58 bits per heavy atom. The van der Waals surface area contributed by atoms with Crippen molar-refractivity contribution >= 4 is 28.1 Å². The first kappa shape index (κ1) is 16.6. The van der Waals surface area contributed by atoms with Crippen LogP contribution in [0.1, 0.15) is 34.9 Å². The Hall–Kier alpha value is -2.21. The predicted octanol–water partition coefficient (Wildman–Crippen LogP) is 3.80. The third kappa shape index (κ3) is 4.00. The molecule has 0 radical (unpaired) electrons. The van der Waals surface area contributed by atoms with Crippen molar-refractivity contribution < 1.29 is 18.7 Å². The minimum atomic E-state index is -0.953. The van der Waals surface area contributed by atoms with Gasteiger partial charge in [-0.3, -0.25) is 9.59 Å². The van der Waals surface area contributed by atoms with E-state index in [1.54, 1.807) is 18.2 Å². The molecule has 0 heterocycles. The van der Waals surface area contributed by atoms with Gasteiger partial charge in [-0.2, -0.15) is 0 Å². The van der Waals surface area contributed by atoms with Gasteiger partial charge in [-0.25, -0.2) is 4.39 Å². The summed E-state index contributed by atoms with van der Waals surface area (Å²) in [5, 5.41) is 2.88. The normalized spacial score (nSPS) is 14.8. The molecule has 1 saturated carbocycles. The van der Waals surface area contributed by atoms with E-state index in [-0.39, 0.29) is 11.9 Å². The first-order valence-corrected chi connectivity index (χ1v) is 8.33. The summed E-state index contributed by atoms with van der Waals surface area (Å²) in [5.74, 6) is -0.394. The lowest BCUT2D eigenvalue weighted by molar-refractivity contribution is -0.128. The van der Waals surface area contributed by atoms with E-state index in [0.717, 1.165) is 17.3 Å². The van der Waals surface area contributed by atoms with E-state index in [4.69, 9.17) is 4.74 Å². The number of halogens is 2. The van der Waals surface area contributed by atoms with Crippen LogP contribution in [0.15, 0.2) is 46.9 Å². The maximum absolute atomic E-state index is 13.2. The van der Waals surface area contributed by atoms with Gasteiger partial charge in [0.15, 0.2) is 6.29 Å². The van der Waals surface area contributed by atoms with Crippen LogP contribution in [0, 0.1) is 5.82 Å². The van der Waals surface area contributed by atoms with E-state index in [0.29, 0.717) is 23.2 Å². The zero-order chi connectivity index (χ0) is 17.1. The predicted molar refractivity (Wildman–Crippen MR) is 90.5 cm³/mol. The molecule has 6 heteroatoms. The van der Waals surface area contributed by atoms with Gasteiger partial charge >= 0.3 is 0 Å². The van der Waals surface area contributed by atoms with Crippen molar-refractivity contribution in [1.82, 2.24) is 5.32 Å². The summed E-state index contributed by atoms with van der Waals surface area (Å²) in [7, 11) is 0. The molecular weight excluding hydrogens is 377 g/mol. The van der Waals surface area contributed by atoms with Crippen molar-refractivity contribution in [2.45, 2.75) is 25.0 Å². The first-order valence-electron chi connectivity index (χ1n) is 7.54. The van der Waals surface area contributed by atoms with Crippen molar-refractivity contribution in [3.05, 3.63) is 63.9 Å². The topological polar surface area (TPSA) is 55.4 Å². The van der Waals surface area contributed by atoms with Crippen LogP contribution in [0.2, 0.25) is 0 Å². The Bertz CT molecular complexity index is 759. The molecule has 1 N–H and O–H groups in total. The number of hydrogen-bond acceptors (Lipinski definition) is 3. The number of aldehydes is 1. The minimum Gasteiger partial charge on any atom is -0.475 e. The number of ether oxygens (including phenoxy) is 1. The highest BCUT2D eigenvalue weighted by atomic mass is 79.9. The van der Waals surface area contributed by atoms with Gasteiger partial charge in [-0.1, -0.05) is 28.1 Å². The van der Waals surface area contributed by atoms with Crippen LogP contribution in [0.25, 0.3) is 0 Å². The molecule has 3 rings (SSSR count). The lowest BCUT2D eigenvalue weighted by atomic mass is 10.1. The number of hydrogen-bond donors (Lipinski definition) is 1. The highest BCUT2D eigenvalue weighted by Gasteiger charge is 2.30. The zero-order valence-electron chi connectivity index (χ0n) is 12.7. The van der Waals surface area contributed by atoms with Crippen LogP contribution in [0.4, 0.5) is 4.39 Å². The molecule has 1 amide bonds. The van der Waals surface area contributed by atoms with Crippen LogP contribution >= 0.6 is 15.9 Å². The first-order chi connectivity index (χ1) is 11.6. The molecule has 2 aromatic rings. The molecule has 1 unspecified atom stereocenters. The monoisotopic (exact) mass is 391 g/mol. The fourth-order valence-corrected chi connectivity index (χ4v) is 2.64. The largest absolute Gasteiger partial charge is 0.475 e. The molecule has 0 aromatic heterocycles. The summed E-state index contributed by atoms with van der Waals surface area (Å²) in [5.41, 5.74) is 0.852. The lowest BCUT2D eigenvalue weighted by Crippen LogP contribution is -2.34. The molecule has 1 aliphatic carbocycles. The highest BCUT2D eigenvalue weighted by molar-refractivity contribution is 9.10. The average molecular weight is 392 g/mol. The molecule has 0 aliphatic heterocycles. The summed E-state index contributed by atoms with van der Waals surface area (Å²) in [6, 6.07) is 10.7. The summed E-state index contributed by atoms with van der Waals surface area (Å²) in [6.07, 6.45) is 1.60. The smallest absolute Gasteiger partial charge is 0.266 e. The second kappa shape index (κ2) is 7.13. The van der Waals surface area contributed by atoms with Gasteiger partial charge in [-0.15, -0.1) is 0 Å². The highest BCUT2D eigenvalue weighted by Crippen LogP contribution is 2.29. The quantitative estimate of drug-likeness (QED) is 0.761. The van der Waals surface area contributed by atoms with Crippen molar-refractivity contribution in [3.63, 3.8) is 0 Å². The van der Waals surface area contributed by atoms with Crippen LogP contribution in [0.3, 0.4) is 0 Å². The van der Waals surface area contributed by atoms with E-state index in [9.17, 15) is 14.0 Å². The summed E-state index contributed by atoms with van der Waals surface area (Å²) in [4.78, 5) is 23.8. The zero-order valence-corrected chi connectivity index (χ0v) is 14.3. The molecule has 124 valence electrons. The molecule has 0 bridgehead atoms. The van der Waals surface area contributed by atoms with E-state index in [2.05, 4.69) is 21.2 Å². The Balaban J connectivity index is 1.90. The van der Waals surface area contributed by atoms with Gasteiger partial charge in [0.25, 0.3) is 5.91 Å². The molecule has 0 spiro atoms. The number of rotatable bonds is 6. The maximum Gasteiger partial charge on any atom is 0.266 e. The van der Waals surface area contributed by atoms with Crippen molar-refractivity contribution in [1.29, 1.82) is 0 Å². The van der Waals surface area contributed by atoms with Gasteiger partial charge in [0, 0.05) is 16.1 Å². The van der Waals surface area contributed by atoms with Gasteiger partial charge < -0.3 is 10.1 Å². The third-order valence-electron chi connectivity index (χ3n) is 3.68.